The molecule has 0 aliphatic carbocycles. The number of rotatable bonds is 2. The van der Waals surface area contributed by atoms with E-state index in [2.05, 4.69) is 5.32 Å². The average molecular weight is 307 g/mol. The summed E-state index contributed by atoms with van der Waals surface area (Å²) >= 11 is 1.22. The number of benzene rings is 1. The van der Waals surface area contributed by atoms with Gasteiger partial charge in [0.25, 0.3) is 5.91 Å². The molecule has 5 nitrogen and oxygen atoms in total. The lowest BCUT2D eigenvalue weighted by Gasteiger charge is -2.33. The SMILES string of the molecule is NC(=O)C1CNCCN1C(=O)c1cc2ccc(F)cc2s1. The lowest BCUT2D eigenvalue weighted by molar-refractivity contribution is -0.122. The number of carbonyl (C=O) groups excluding carboxylic acids is 2. The van der Waals surface area contributed by atoms with Crippen molar-refractivity contribution < 1.29 is 14.0 Å². The topological polar surface area (TPSA) is 75.4 Å². The van der Waals surface area contributed by atoms with E-state index in [1.54, 1.807) is 12.1 Å². The van der Waals surface area contributed by atoms with Crippen LogP contribution in [0.25, 0.3) is 10.1 Å². The van der Waals surface area contributed by atoms with E-state index in [4.69, 9.17) is 5.73 Å². The van der Waals surface area contributed by atoms with Crippen molar-refractivity contribution in [3.8, 4) is 0 Å². The Kier molecular flexibility index (Phi) is 3.60. The number of carbonyl (C=O) groups is 2. The molecule has 1 fully saturated rings. The van der Waals surface area contributed by atoms with Gasteiger partial charge in [0.05, 0.1) is 4.88 Å². The monoisotopic (exact) mass is 307 g/mol. The summed E-state index contributed by atoms with van der Waals surface area (Å²) in [6, 6.07) is 5.48. The molecule has 21 heavy (non-hydrogen) atoms. The zero-order valence-electron chi connectivity index (χ0n) is 11.1. The first-order valence-corrected chi connectivity index (χ1v) is 7.38. The molecule has 2 aromatic rings. The number of fused-ring (bicyclic) bond motifs is 1. The summed E-state index contributed by atoms with van der Waals surface area (Å²) in [7, 11) is 0. The normalized spacial score (nSPS) is 18.9. The Bertz CT molecular complexity index is 715. The van der Waals surface area contributed by atoms with E-state index in [0.717, 1.165) is 5.39 Å². The maximum atomic E-state index is 13.2. The highest BCUT2D eigenvalue weighted by atomic mass is 32.1. The molecule has 0 spiro atoms. The zero-order valence-corrected chi connectivity index (χ0v) is 12.0. The van der Waals surface area contributed by atoms with Crippen LogP contribution in [0.1, 0.15) is 9.67 Å². The van der Waals surface area contributed by atoms with Crippen LogP contribution < -0.4 is 11.1 Å². The van der Waals surface area contributed by atoms with Crippen molar-refractivity contribution in [1.82, 2.24) is 10.2 Å². The summed E-state index contributed by atoms with van der Waals surface area (Å²) < 4.78 is 13.9. The van der Waals surface area contributed by atoms with E-state index in [9.17, 15) is 14.0 Å². The van der Waals surface area contributed by atoms with Crippen molar-refractivity contribution >= 4 is 33.2 Å². The number of nitrogens with one attached hydrogen (secondary N) is 1. The van der Waals surface area contributed by atoms with Gasteiger partial charge in [-0.05, 0) is 23.6 Å². The van der Waals surface area contributed by atoms with Crippen LogP contribution in [0.15, 0.2) is 24.3 Å². The molecule has 1 aromatic heterocycles. The molecule has 3 rings (SSSR count). The fourth-order valence-corrected chi connectivity index (χ4v) is 3.50. The molecular formula is C14H14FN3O2S. The molecular weight excluding hydrogens is 293 g/mol. The van der Waals surface area contributed by atoms with E-state index in [1.807, 2.05) is 0 Å². The van der Waals surface area contributed by atoms with Gasteiger partial charge in [0, 0.05) is 24.3 Å². The summed E-state index contributed by atoms with van der Waals surface area (Å²) in [5.41, 5.74) is 5.35. The Morgan fingerprint density at radius 1 is 1.38 bits per heavy atom. The standard InChI is InChI=1S/C14H14FN3O2S/c15-9-2-1-8-5-12(21-11(8)6-9)14(20)18-4-3-17-7-10(18)13(16)19/h1-2,5-6,10,17H,3-4,7H2,(H2,16,19). The number of halogens is 1. The van der Waals surface area contributed by atoms with Crippen LogP contribution in [0.5, 0.6) is 0 Å². The molecule has 110 valence electrons. The Morgan fingerprint density at radius 2 is 2.19 bits per heavy atom. The molecule has 1 aliphatic rings. The van der Waals surface area contributed by atoms with E-state index < -0.39 is 11.9 Å². The second-order valence-corrected chi connectivity index (χ2v) is 6.00. The first-order chi connectivity index (χ1) is 10.1. The van der Waals surface area contributed by atoms with Gasteiger partial charge in [-0.25, -0.2) is 4.39 Å². The highest BCUT2D eigenvalue weighted by molar-refractivity contribution is 7.20. The number of nitrogens with two attached hydrogens (primary N) is 1. The predicted octanol–water partition coefficient (Wildman–Crippen LogP) is 0.940. The van der Waals surface area contributed by atoms with Crippen LogP contribution >= 0.6 is 11.3 Å². The number of nitrogens with zero attached hydrogens (tertiary/aromatic N) is 1. The molecule has 0 radical (unpaired) electrons. The molecule has 7 heteroatoms. The smallest absolute Gasteiger partial charge is 0.264 e. The minimum atomic E-state index is -0.645. The summed E-state index contributed by atoms with van der Waals surface area (Å²) in [5, 5.41) is 3.86. The fraction of sp³-hybridized carbons (Fsp3) is 0.286. The Morgan fingerprint density at radius 3 is 2.95 bits per heavy atom. The average Bonchev–Trinajstić information content (AvgIpc) is 2.89. The third-order valence-corrected chi connectivity index (χ3v) is 4.61. The van der Waals surface area contributed by atoms with Gasteiger partial charge < -0.3 is 16.0 Å². The quantitative estimate of drug-likeness (QED) is 0.867. The predicted molar refractivity (Wildman–Crippen MR) is 78.7 cm³/mol. The highest BCUT2D eigenvalue weighted by Gasteiger charge is 2.31. The molecule has 2 heterocycles. The van der Waals surface area contributed by atoms with Crippen molar-refractivity contribution in [1.29, 1.82) is 0 Å². The number of primary amides is 1. The molecule has 0 bridgehead atoms. The highest BCUT2D eigenvalue weighted by Crippen LogP contribution is 2.27. The summed E-state index contributed by atoms with van der Waals surface area (Å²) in [6.45, 7) is 1.41. The minimum absolute atomic E-state index is 0.234. The number of hydrogen-bond acceptors (Lipinski definition) is 4. The third kappa shape index (κ3) is 2.62. The number of hydrogen-bond donors (Lipinski definition) is 2. The lowest BCUT2D eigenvalue weighted by atomic mass is 10.1. The maximum absolute atomic E-state index is 13.2. The summed E-state index contributed by atoms with van der Waals surface area (Å²) in [6.07, 6.45) is 0. The lowest BCUT2D eigenvalue weighted by Crippen LogP contribution is -2.58. The number of amides is 2. The molecule has 1 saturated heterocycles. The molecule has 1 aliphatic heterocycles. The molecule has 0 saturated carbocycles. The van der Waals surface area contributed by atoms with Crippen LogP contribution in [0.4, 0.5) is 4.39 Å². The summed E-state index contributed by atoms with van der Waals surface area (Å²) in [4.78, 5) is 26.0. The van der Waals surface area contributed by atoms with E-state index in [1.165, 1.54) is 28.4 Å². The number of piperazine rings is 1. The van der Waals surface area contributed by atoms with Crippen LogP contribution in [0.2, 0.25) is 0 Å². The second-order valence-electron chi connectivity index (χ2n) is 4.91. The minimum Gasteiger partial charge on any atom is -0.368 e. The Labute approximate surface area is 124 Å². The fourth-order valence-electron chi connectivity index (χ4n) is 2.45. The zero-order chi connectivity index (χ0) is 15.0. The van der Waals surface area contributed by atoms with Crippen molar-refractivity contribution in [2.75, 3.05) is 19.6 Å². The second kappa shape index (κ2) is 5.42. The number of thiophene rings is 1. The van der Waals surface area contributed by atoms with Gasteiger partial charge in [0.2, 0.25) is 5.91 Å². The van der Waals surface area contributed by atoms with Crippen molar-refractivity contribution in [2.24, 2.45) is 5.73 Å². The molecule has 3 N–H and O–H groups in total. The third-order valence-electron chi connectivity index (χ3n) is 3.53. The first kappa shape index (κ1) is 14.0. The van der Waals surface area contributed by atoms with Gasteiger partial charge in [-0.3, -0.25) is 9.59 Å². The van der Waals surface area contributed by atoms with Gasteiger partial charge in [-0.2, -0.15) is 0 Å². The van der Waals surface area contributed by atoms with Crippen LogP contribution in [-0.2, 0) is 4.79 Å². The van der Waals surface area contributed by atoms with E-state index >= 15 is 0 Å². The summed E-state index contributed by atoms with van der Waals surface area (Å²) in [5.74, 6) is -1.09. The van der Waals surface area contributed by atoms with Crippen LogP contribution in [0, 0.1) is 5.82 Å². The van der Waals surface area contributed by atoms with Crippen molar-refractivity contribution in [2.45, 2.75) is 6.04 Å². The van der Waals surface area contributed by atoms with Crippen LogP contribution in [-0.4, -0.2) is 42.4 Å². The molecule has 1 unspecified atom stereocenters. The molecule has 2 amide bonds. The van der Waals surface area contributed by atoms with Gasteiger partial charge in [-0.15, -0.1) is 11.3 Å². The van der Waals surface area contributed by atoms with Gasteiger partial charge in [-0.1, -0.05) is 6.07 Å². The van der Waals surface area contributed by atoms with Crippen molar-refractivity contribution in [3.63, 3.8) is 0 Å². The Hall–Kier alpha value is -1.99. The van der Waals surface area contributed by atoms with Gasteiger partial charge in [0.15, 0.2) is 0 Å². The molecule has 1 atom stereocenters. The molecule has 1 aromatic carbocycles. The van der Waals surface area contributed by atoms with E-state index in [0.29, 0.717) is 29.2 Å². The Balaban J connectivity index is 1.93. The maximum Gasteiger partial charge on any atom is 0.264 e. The largest absolute Gasteiger partial charge is 0.368 e. The van der Waals surface area contributed by atoms with Crippen molar-refractivity contribution in [3.05, 3.63) is 35.0 Å². The van der Waals surface area contributed by atoms with E-state index in [-0.39, 0.29) is 11.7 Å². The first-order valence-electron chi connectivity index (χ1n) is 6.56. The van der Waals surface area contributed by atoms with Crippen LogP contribution in [0.3, 0.4) is 0 Å². The van der Waals surface area contributed by atoms with Gasteiger partial charge in [0.1, 0.15) is 11.9 Å². The van der Waals surface area contributed by atoms with Gasteiger partial charge >= 0.3 is 0 Å².